The molecule has 4 heteroatoms. The predicted molar refractivity (Wildman–Crippen MR) is 58.1 cm³/mol. The number of rotatable bonds is 2. The molecule has 1 aliphatic rings. The van der Waals surface area contributed by atoms with Crippen LogP contribution in [0.5, 0.6) is 0 Å². The zero-order chi connectivity index (χ0) is 10.9. The molecule has 1 saturated carbocycles. The van der Waals surface area contributed by atoms with Gasteiger partial charge in [0.05, 0.1) is 5.54 Å². The van der Waals surface area contributed by atoms with Crippen LogP contribution >= 0.6 is 11.6 Å². The van der Waals surface area contributed by atoms with Crippen LogP contribution < -0.4 is 5.32 Å². The average molecular weight is 226 g/mol. The molecule has 80 valence electrons. The highest BCUT2D eigenvalue weighted by atomic mass is 35.5. The number of hydrogen-bond donors (Lipinski definition) is 2. The SMILES string of the molecule is O=C(O)NC1(c2ccc(Cl)cc2)CCC1. The van der Waals surface area contributed by atoms with Gasteiger partial charge in [0.25, 0.3) is 0 Å². The third-order valence-corrected chi connectivity index (χ3v) is 3.20. The lowest BCUT2D eigenvalue weighted by atomic mass is 9.72. The second-order valence-corrected chi connectivity index (χ2v) is 4.31. The zero-order valence-corrected chi connectivity index (χ0v) is 8.92. The largest absolute Gasteiger partial charge is 0.465 e. The molecule has 0 radical (unpaired) electrons. The molecule has 1 amide bonds. The van der Waals surface area contributed by atoms with Gasteiger partial charge in [0, 0.05) is 5.02 Å². The molecule has 3 nitrogen and oxygen atoms in total. The van der Waals surface area contributed by atoms with E-state index in [-0.39, 0.29) is 5.54 Å². The minimum atomic E-state index is -0.968. The number of nitrogens with one attached hydrogen (secondary N) is 1. The molecule has 1 fully saturated rings. The number of hydrogen-bond acceptors (Lipinski definition) is 1. The van der Waals surface area contributed by atoms with Crippen LogP contribution in [-0.2, 0) is 5.54 Å². The van der Waals surface area contributed by atoms with Crippen LogP contribution in [0.3, 0.4) is 0 Å². The second-order valence-electron chi connectivity index (χ2n) is 3.87. The first-order valence-corrected chi connectivity index (χ1v) is 5.27. The van der Waals surface area contributed by atoms with Crippen molar-refractivity contribution in [1.29, 1.82) is 0 Å². The highest BCUT2D eigenvalue weighted by Gasteiger charge is 2.39. The summed E-state index contributed by atoms with van der Waals surface area (Å²) in [5.41, 5.74) is 0.622. The number of benzene rings is 1. The minimum Gasteiger partial charge on any atom is -0.465 e. The van der Waals surface area contributed by atoms with E-state index in [2.05, 4.69) is 5.32 Å². The van der Waals surface area contributed by atoms with Crippen molar-refractivity contribution in [2.24, 2.45) is 0 Å². The molecule has 0 spiro atoms. The fourth-order valence-electron chi connectivity index (χ4n) is 1.99. The van der Waals surface area contributed by atoms with Crippen molar-refractivity contribution in [3.8, 4) is 0 Å². The van der Waals surface area contributed by atoms with Crippen molar-refractivity contribution in [1.82, 2.24) is 5.32 Å². The first-order chi connectivity index (χ1) is 7.12. The van der Waals surface area contributed by atoms with Gasteiger partial charge in [-0.3, -0.25) is 0 Å². The summed E-state index contributed by atoms with van der Waals surface area (Å²) in [4.78, 5) is 10.7. The van der Waals surface area contributed by atoms with E-state index in [0.717, 1.165) is 24.8 Å². The summed E-state index contributed by atoms with van der Waals surface area (Å²) in [5, 5.41) is 12.1. The Morgan fingerprint density at radius 3 is 2.33 bits per heavy atom. The summed E-state index contributed by atoms with van der Waals surface area (Å²) in [5.74, 6) is 0. The Labute approximate surface area is 93.1 Å². The first kappa shape index (κ1) is 10.3. The van der Waals surface area contributed by atoms with Gasteiger partial charge >= 0.3 is 6.09 Å². The fourth-order valence-corrected chi connectivity index (χ4v) is 2.12. The lowest BCUT2D eigenvalue weighted by molar-refractivity contribution is 0.144. The standard InChI is InChI=1S/C11H12ClNO2/c12-9-4-2-8(3-5-9)11(6-1-7-11)13-10(14)15/h2-5,13H,1,6-7H2,(H,14,15). The molecule has 0 aromatic heterocycles. The molecule has 1 aromatic rings. The second kappa shape index (κ2) is 3.74. The third-order valence-electron chi connectivity index (χ3n) is 2.95. The normalized spacial score (nSPS) is 17.9. The van der Waals surface area contributed by atoms with E-state index in [9.17, 15) is 4.79 Å². The maximum absolute atomic E-state index is 10.7. The topological polar surface area (TPSA) is 49.3 Å². The molecule has 0 bridgehead atoms. The van der Waals surface area contributed by atoms with Crippen molar-refractivity contribution in [2.45, 2.75) is 24.8 Å². The Hall–Kier alpha value is -1.22. The molecule has 0 unspecified atom stereocenters. The number of carboxylic acid groups (broad SMARTS) is 1. The summed E-state index contributed by atoms with van der Waals surface area (Å²) in [7, 11) is 0. The van der Waals surface area contributed by atoms with Gasteiger partial charge in [-0.1, -0.05) is 23.7 Å². The van der Waals surface area contributed by atoms with Crippen molar-refractivity contribution < 1.29 is 9.90 Å². The van der Waals surface area contributed by atoms with E-state index in [1.807, 2.05) is 12.1 Å². The maximum atomic E-state index is 10.7. The Morgan fingerprint density at radius 2 is 1.93 bits per heavy atom. The van der Waals surface area contributed by atoms with Gasteiger partial charge in [0.1, 0.15) is 0 Å². The van der Waals surface area contributed by atoms with Gasteiger partial charge in [0.15, 0.2) is 0 Å². The van der Waals surface area contributed by atoms with E-state index in [1.165, 1.54) is 0 Å². The highest BCUT2D eigenvalue weighted by Crippen LogP contribution is 2.41. The summed E-state index contributed by atoms with van der Waals surface area (Å²) in [6, 6.07) is 7.36. The van der Waals surface area contributed by atoms with E-state index < -0.39 is 6.09 Å². The molecular weight excluding hydrogens is 214 g/mol. The maximum Gasteiger partial charge on any atom is 0.405 e. The van der Waals surface area contributed by atoms with Gasteiger partial charge in [0.2, 0.25) is 0 Å². The quantitative estimate of drug-likeness (QED) is 0.813. The van der Waals surface area contributed by atoms with Crippen LogP contribution in [0.4, 0.5) is 4.79 Å². The fraction of sp³-hybridized carbons (Fsp3) is 0.364. The molecule has 0 heterocycles. The highest BCUT2D eigenvalue weighted by molar-refractivity contribution is 6.30. The van der Waals surface area contributed by atoms with Crippen LogP contribution in [0.15, 0.2) is 24.3 Å². The molecule has 0 saturated heterocycles. The van der Waals surface area contributed by atoms with Crippen molar-refractivity contribution in [3.05, 3.63) is 34.9 Å². The number of amides is 1. The summed E-state index contributed by atoms with van der Waals surface area (Å²) in [6.07, 6.45) is 1.81. The van der Waals surface area contributed by atoms with Gasteiger partial charge < -0.3 is 10.4 Å². The van der Waals surface area contributed by atoms with E-state index in [0.29, 0.717) is 5.02 Å². The van der Waals surface area contributed by atoms with Crippen LogP contribution in [0.2, 0.25) is 5.02 Å². The average Bonchev–Trinajstić information content (AvgIpc) is 2.13. The van der Waals surface area contributed by atoms with E-state index >= 15 is 0 Å². The number of carbonyl (C=O) groups is 1. The Kier molecular flexibility index (Phi) is 2.57. The number of halogens is 1. The third kappa shape index (κ3) is 1.92. The monoisotopic (exact) mass is 225 g/mol. The Balaban J connectivity index is 2.26. The molecule has 2 rings (SSSR count). The first-order valence-electron chi connectivity index (χ1n) is 4.90. The lowest BCUT2D eigenvalue weighted by Gasteiger charge is -2.42. The molecule has 1 aromatic carbocycles. The van der Waals surface area contributed by atoms with Gasteiger partial charge in [-0.25, -0.2) is 4.79 Å². The molecule has 2 N–H and O–H groups in total. The predicted octanol–water partition coefficient (Wildman–Crippen LogP) is 2.99. The van der Waals surface area contributed by atoms with E-state index in [1.54, 1.807) is 12.1 Å². The summed E-state index contributed by atoms with van der Waals surface area (Å²) < 4.78 is 0. The van der Waals surface area contributed by atoms with Crippen LogP contribution in [-0.4, -0.2) is 11.2 Å². The molecular formula is C11H12ClNO2. The Morgan fingerprint density at radius 1 is 1.33 bits per heavy atom. The van der Waals surface area contributed by atoms with Crippen LogP contribution in [0.1, 0.15) is 24.8 Å². The van der Waals surface area contributed by atoms with Gasteiger partial charge in [-0.05, 0) is 37.0 Å². The van der Waals surface area contributed by atoms with Gasteiger partial charge in [-0.15, -0.1) is 0 Å². The van der Waals surface area contributed by atoms with Crippen LogP contribution in [0, 0.1) is 0 Å². The summed E-state index contributed by atoms with van der Waals surface area (Å²) >= 11 is 5.79. The lowest BCUT2D eigenvalue weighted by Crippen LogP contribution is -2.50. The van der Waals surface area contributed by atoms with Crippen molar-refractivity contribution >= 4 is 17.7 Å². The van der Waals surface area contributed by atoms with Crippen molar-refractivity contribution in [3.63, 3.8) is 0 Å². The minimum absolute atomic E-state index is 0.379. The Bertz CT molecular complexity index is 371. The van der Waals surface area contributed by atoms with Crippen LogP contribution in [0.25, 0.3) is 0 Å². The summed E-state index contributed by atoms with van der Waals surface area (Å²) in [6.45, 7) is 0. The molecule has 0 atom stereocenters. The van der Waals surface area contributed by atoms with E-state index in [4.69, 9.17) is 16.7 Å². The molecule has 15 heavy (non-hydrogen) atoms. The molecule has 1 aliphatic carbocycles. The van der Waals surface area contributed by atoms with Gasteiger partial charge in [-0.2, -0.15) is 0 Å². The molecule has 0 aliphatic heterocycles. The zero-order valence-electron chi connectivity index (χ0n) is 8.16. The smallest absolute Gasteiger partial charge is 0.405 e. The van der Waals surface area contributed by atoms with Crippen molar-refractivity contribution in [2.75, 3.05) is 0 Å².